The van der Waals surface area contributed by atoms with E-state index in [1.807, 2.05) is 0 Å². The number of hydrogen-bond donors (Lipinski definition) is 3. The molecule has 24 heavy (non-hydrogen) atoms. The van der Waals surface area contributed by atoms with E-state index in [1.54, 1.807) is 6.92 Å². The molecule has 0 radical (unpaired) electrons. The fraction of sp³-hybridized carbons (Fsp3) is 0.812. The summed E-state index contributed by atoms with van der Waals surface area (Å²) in [6, 6.07) is -0.740. The normalized spacial score (nSPS) is 30.0. The van der Waals surface area contributed by atoms with E-state index in [1.165, 1.54) is 0 Å². The van der Waals surface area contributed by atoms with E-state index in [2.05, 4.69) is 22.9 Å². The summed E-state index contributed by atoms with van der Waals surface area (Å²) in [6.45, 7) is 4.58. The number of carbonyl (C=O) groups is 3. The van der Waals surface area contributed by atoms with Crippen molar-refractivity contribution in [2.75, 3.05) is 6.54 Å². The van der Waals surface area contributed by atoms with E-state index >= 15 is 0 Å². The third kappa shape index (κ3) is 3.37. The van der Waals surface area contributed by atoms with Crippen molar-refractivity contribution in [3.8, 4) is 0 Å². The summed E-state index contributed by atoms with van der Waals surface area (Å²) in [5.41, 5.74) is -0.755. The van der Waals surface area contributed by atoms with Crippen LogP contribution in [0.5, 0.6) is 0 Å². The molecule has 3 atom stereocenters. The SMILES string of the molecule is CC1CC(NC(=O)C(C)N2C(=O)NC3(CCCC3)C2=O)CCN1.Cl. The number of nitrogens with one attached hydrogen (secondary N) is 3. The van der Waals surface area contributed by atoms with E-state index < -0.39 is 17.6 Å². The molecule has 1 saturated carbocycles. The highest BCUT2D eigenvalue weighted by atomic mass is 35.5. The summed E-state index contributed by atoms with van der Waals surface area (Å²) >= 11 is 0. The van der Waals surface area contributed by atoms with Crippen LogP contribution in [0, 0.1) is 0 Å². The smallest absolute Gasteiger partial charge is 0.325 e. The van der Waals surface area contributed by atoms with Gasteiger partial charge in [-0.05, 0) is 46.1 Å². The van der Waals surface area contributed by atoms with E-state index in [9.17, 15) is 14.4 Å². The molecule has 2 saturated heterocycles. The fourth-order valence-electron chi connectivity index (χ4n) is 4.01. The zero-order valence-electron chi connectivity index (χ0n) is 14.3. The maximum Gasteiger partial charge on any atom is 0.325 e. The lowest BCUT2D eigenvalue weighted by atomic mass is 9.97. The van der Waals surface area contributed by atoms with Gasteiger partial charge in [0.15, 0.2) is 0 Å². The summed E-state index contributed by atoms with van der Waals surface area (Å²) in [4.78, 5) is 38.5. The van der Waals surface area contributed by atoms with Crippen LogP contribution in [0.3, 0.4) is 0 Å². The molecular formula is C16H27ClN4O3. The first-order valence-corrected chi connectivity index (χ1v) is 8.62. The molecule has 3 aliphatic rings. The number of urea groups is 1. The van der Waals surface area contributed by atoms with Gasteiger partial charge in [0, 0.05) is 12.1 Å². The molecular weight excluding hydrogens is 332 g/mol. The average Bonchev–Trinajstić information content (AvgIpc) is 3.05. The lowest BCUT2D eigenvalue weighted by molar-refractivity contribution is -0.138. The second-order valence-electron chi connectivity index (χ2n) is 7.16. The van der Waals surface area contributed by atoms with Crippen molar-refractivity contribution in [3.05, 3.63) is 0 Å². The number of piperidine rings is 1. The van der Waals surface area contributed by atoms with Crippen molar-refractivity contribution in [3.63, 3.8) is 0 Å². The number of nitrogens with zero attached hydrogens (tertiary/aromatic N) is 1. The topological polar surface area (TPSA) is 90.5 Å². The summed E-state index contributed by atoms with van der Waals surface area (Å²) in [5.74, 6) is -0.482. The third-order valence-electron chi connectivity index (χ3n) is 5.39. The van der Waals surface area contributed by atoms with Crippen LogP contribution in [0.25, 0.3) is 0 Å². The first-order chi connectivity index (χ1) is 10.9. The molecule has 3 rings (SSSR count). The largest absolute Gasteiger partial charge is 0.351 e. The number of halogens is 1. The number of carbonyl (C=O) groups excluding carboxylic acids is 3. The molecule has 0 aromatic rings. The van der Waals surface area contributed by atoms with Crippen LogP contribution in [0.4, 0.5) is 4.79 Å². The zero-order valence-corrected chi connectivity index (χ0v) is 15.1. The molecule has 0 aromatic carbocycles. The van der Waals surface area contributed by atoms with Crippen LogP contribution in [-0.4, -0.2) is 53.0 Å². The molecule has 2 heterocycles. The monoisotopic (exact) mass is 358 g/mol. The minimum Gasteiger partial charge on any atom is -0.351 e. The first-order valence-electron chi connectivity index (χ1n) is 8.62. The number of imide groups is 1. The average molecular weight is 359 g/mol. The summed E-state index contributed by atoms with van der Waals surface area (Å²) in [5, 5.41) is 9.15. The van der Waals surface area contributed by atoms with Crippen LogP contribution in [-0.2, 0) is 9.59 Å². The standard InChI is InChI=1S/C16H26N4O3.ClH/c1-10-9-12(5-8-17-10)18-13(21)11(2)20-14(22)16(19-15(20)23)6-3-4-7-16;/h10-12,17H,3-9H2,1-2H3,(H,18,21)(H,19,23);1H. The predicted octanol–water partition coefficient (Wildman–Crippen LogP) is 0.918. The van der Waals surface area contributed by atoms with Crippen LogP contribution in [0.2, 0.25) is 0 Å². The summed E-state index contributed by atoms with van der Waals surface area (Å²) in [6.07, 6.45) is 4.96. The highest BCUT2D eigenvalue weighted by molar-refractivity contribution is 6.09. The van der Waals surface area contributed by atoms with Gasteiger partial charge in [-0.25, -0.2) is 9.69 Å². The van der Waals surface area contributed by atoms with Crippen molar-refractivity contribution in [1.82, 2.24) is 20.9 Å². The van der Waals surface area contributed by atoms with Crippen LogP contribution in [0.15, 0.2) is 0 Å². The molecule has 8 heteroatoms. The quantitative estimate of drug-likeness (QED) is 0.654. The molecule has 136 valence electrons. The first kappa shape index (κ1) is 19.0. The minimum absolute atomic E-state index is 0. The Balaban J connectivity index is 0.00000208. The Kier molecular flexibility index (Phi) is 5.75. The van der Waals surface area contributed by atoms with Gasteiger partial charge in [-0.3, -0.25) is 9.59 Å². The molecule has 0 bridgehead atoms. The lowest BCUT2D eigenvalue weighted by Crippen LogP contribution is -2.54. The maximum absolute atomic E-state index is 12.7. The Morgan fingerprint density at radius 3 is 2.62 bits per heavy atom. The molecule has 3 N–H and O–H groups in total. The lowest BCUT2D eigenvalue weighted by Gasteiger charge is -2.30. The Morgan fingerprint density at radius 2 is 2.00 bits per heavy atom. The van der Waals surface area contributed by atoms with Crippen molar-refractivity contribution in [1.29, 1.82) is 0 Å². The van der Waals surface area contributed by atoms with Gasteiger partial charge in [-0.1, -0.05) is 12.8 Å². The highest BCUT2D eigenvalue weighted by Gasteiger charge is 2.54. The molecule has 2 aliphatic heterocycles. The summed E-state index contributed by atoms with van der Waals surface area (Å²) < 4.78 is 0. The van der Waals surface area contributed by atoms with Crippen molar-refractivity contribution in [2.45, 2.75) is 76.0 Å². The van der Waals surface area contributed by atoms with Crippen LogP contribution < -0.4 is 16.0 Å². The minimum atomic E-state index is -0.771. The van der Waals surface area contributed by atoms with Gasteiger partial charge >= 0.3 is 6.03 Å². The maximum atomic E-state index is 12.7. The van der Waals surface area contributed by atoms with Gasteiger partial charge in [0.2, 0.25) is 5.91 Å². The van der Waals surface area contributed by atoms with Gasteiger partial charge in [-0.15, -0.1) is 12.4 Å². The van der Waals surface area contributed by atoms with E-state index in [-0.39, 0.29) is 30.3 Å². The molecule has 7 nitrogen and oxygen atoms in total. The Hall–Kier alpha value is -1.34. The van der Waals surface area contributed by atoms with Crippen molar-refractivity contribution >= 4 is 30.3 Å². The number of amides is 4. The number of rotatable bonds is 3. The molecule has 4 amide bonds. The molecule has 0 aromatic heterocycles. The van der Waals surface area contributed by atoms with Gasteiger partial charge in [0.1, 0.15) is 11.6 Å². The van der Waals surface area contributed by atoms with Gasteiger partial charge in [0.05, 0.1) is 0 Å². The highest BCUT2D eigenvalue weighted by Crippen LogP contribution is 2.35. The second kappa shape index (κ2) is 7.27. The van der Waals surface area contributed by atoms with Crippen molar-refractivity contribution < 1.29 is 14.4 Å². The second-order valence-corrected chi connectivity index (χ2v) is 7.16. The van der Waals surface area contributed by atoms with E-state index in [0.717, 1.165) is 37.1 Å². The predicted molar refractivity (Wildman–Crippen MR) is 91.9 cm³/mol. The zero-order chi connectivity index (χ0) is 16.6. The Morgan fingerprint density at radius 1 is 1.33 bits per heavy atom. The third-order valence-corrected chi connectivity index (χ3v) is 5.39. The van der Waals surface area contributed by atoms with E-state index in [4.69, 9.17) is 0 Å². The van der Waals surface area contributed by atoms with E-state index in [0.29, 0.717) is 18.9 Å². The molecule has 3 fully saturated rings. The Labute approximate surface area is 148 Å². The van der Waals surface area contributed by atoms with Gasteiger partial charge in [-0.2, -0.15) is 0 Å². The molecule has 3 unspecified atom stereocenters. The fourth-order valence-corrected chi connectivity index (χ4v) is 4.01. The van der Waals surface area contributed by atoms with Gasteiger partial charge in [0.25, 0.3) is 5.91 Å². The number of hydrogen-bond acceptors (Lipinski definition) is 4. The van der Waals surface area contributed by atoms with Gasteiger partial charge < -0.3 is 16.0 Å². The molecule has 1 aliphatic carbocycles. The van der Waals surface area contributed by atoms with Crippen molar-refractivity contribution in [2.24, 2.45) is 0 Å². The van der Waals surface area contributed by atoms with Crippen LogP contribution >= 0.6 is 12.4 Å². The van der Waals surface area contributed by atoms with Crippen LogP contribution in [0.1, 0.15) is 52.4 Å². The molecule has 1 spiro atoms. The Bertz CT molecular complexity index is 521. The summed E-state index contributed by atoms with van der Waals surface area (Å²) in [7, 11) is 0.